The van der Waals surface area contributed by atoms with Crippen molar-refractivity contribution < 1.29 is 9.53 Å². The van der Waals surface area contributed by atoms with Gasteiger partial charge in [-0.05, 0) is 57.3 Å². The van der Waals surface area contributed by atoms with Crippen LogP contribution in [0.25, 0.3) is 10.9 Å². The highest BCUT2D eigenvalue weighted by molar-refractivity contribution is 5.95. The molecule has 0 N–H and O–H groups in total. The summed E-state index contributed by atoms with van der Waals surface area (Å²) < 4.78 is 6.30. The molecule has 5 nitrogen and oxygen atoms in total. The second-order valence-electron chi connectivity index (χ2n) is 8.28. The lowest BCUT2D eigenvalue weighted by atomic mass is 9.87. The molecule has 1 aromatic carbocycles. The fourth-order valence-electron chi connectivity index (χ4n) is 4.97. The minimum Gasteiger partial charge on any atom is -0.373 e. The molecule has 4 heterocycles. The monoisotopic (exact) mass is 365 g/mol. The molecular weight excluding hydrogens is 338 g/mol. The van der Waals surface area contributed by atoms with Gasteiger partial charge in [0.05, 0.1) is 17.7 Å². The zero-order valence-electron chi connectivity index (χ0n) is 15.8. The Labute approximate surface area is 160 Å². The van der Waals surface area contributed by atoms with E-state index in [-0.39, 0.29) is 11.5 Å². The third kappa shape index (κ3) is 3.23. The number of carbonyl (C=O) groups excluding carboxylic acids is 1. The van der Waals surface area contributed by atoms with E-state index in [4.69, 9.17) is 4.74 Å². The van der Waals surface area contributed by atoms with Crippen LogP contribution in [0, 0.1) is 0 Å². The van der Waals surface area contributed by atoms with Crippen LogP contribution in [0.3, 0.4) is 0 Å². The summed E-state index contributed by atoms with van der Waals surface area (Å²) in [5.74, 6) is 0.0460. The molecule has 1 aromatic heterocycles. The Bertz CT molecular complexity index is 838. The van der Waals surface area contributed by atoms with E-state index in [0.717, 1.165) is 49.9 Å². The Balaban J connectivity index is 1.24. The number of ether oxygens (including phenoxy) is 1. The van der Waals surface area contributed by atoms with E-state index < -0.39 is 0 Å². The molecule has 27 heavy (non-hydrogen) atoms. The molecule has 3 saturated heterocycles. The van der Waals surface area contributed by atoms with E-state index in [1.807, 2.05) is 41.3 Å². The lowest BCUT2D eigenvalue weighted by Crippen LogP contribution is -2.47. The van der Waals surface area contributed by atoms with E-state index in [2.05, 4.69) is 9.88 Å². The highest BCUT2D eigenvalue weighted by atomic mass is 16.5. The fraction of sp³-hybridized carbons (Fsp3) is 0.545. The molecule has 3 aliphatic heterocycles. The van der Waals surface area contributed by atoms with Crippen LogP contribution in [0.2, 0.25) is 0 Å². The largest absolute Gasteiger partial charge is 0.373 e. The normalized spacial score (nSPS) is 25.5. The molecule has 1 amide bonds. The van der Waals surface area contributed by atoms with Crippen molar-refractivity contribution in [3.63, 3.8) is 0 Å². The first kappa shape index (κ1) is 17.1. The summed E-state index contributed by atoms with van der Waals surface area (Å²) in [6.45, 7) is 4.84. The Morgan fingerprint density at radius 3 is 2.63 bits per heavy atom. The third-order valence-electron chi connectivity index (χ3n) is 6.63. The highest BCUT2D eigenvalue weighted by Crippen LogP contribution is 2.38. The topological polar surface area (TPSA) is 45.7 Å². The lowest BCUT2D eigenvalue weighted by molar-refractivity contribution is -0.0393. The zero-order valence-corrected chi connectivity index (χ0v) is 15.8. The van der Waals surface area contributed by atoms with Crippen LogP contribution in [0.5, 0.6) is 0 Å². The Hall–Kier alpha value is -1.98. The van der Waals surface area contributed by atoms with Gasteiger partial charge in [0.25, 0.3) is 5.91 Å². The van der Waals surface area contributed by atoms with Gasteiger partial charge in [0.2, 0.25) is 0 Å². The van der Waals surface area contributed by atoms with Gasteiger partial charge in [-0.25, -0.2) is 4.98 Å². The van der Waals surface area contributed by atoms with Gasteiger partial charge < -0.3 is 9.64 Å². The number of rotatable bonds is 2. The number of hydrogen-bond acceptors (Lipinski definition) is 4. The van der Waals surface area contributed by atoms with E-state index in [1.165, 1.54) is 25.9 Å². The number of hydrogen-bond donors (Lipinski definition) is 0. The average molecular weight is 365 g/mol. The summed E-state index contributed by atoms with van der Waals surface area (Å²) in [7, 11) is 0. The standard InChI is InChI=1S/C22H27N3O2/c26-21(20-8-7-17-5-1-2-6-19(17)23-20)25-13-9-22(10-14-25)15-18(16-27-22)24-11-3-4-12-24/h1-2,5-8,18H,3-4,9-16H2. The number of pyridine rings is 1. The molecule has 5 heteroatoms. The van der Waals surface area contributed by atoms with E-state index in [9.17, 15) is 4.79 Å². The molecule has 5 rings (SSSR count). The van der Waals surface area contributed by atoms with Crippen molar-refractivity contribution in [2.75, 3.05) is 32.8 Å². The van der Waals surface area contributed by atoms with Gasteiger partial charge in [-0.3, -0.25) is 9.69 Å². The van der Waals surface area contributed by atoms with Crippen molar-refractivity contribution in [1.29, 1.82) is 0 Å². The van der Waals surface area contributed by atoms with Gasteiger partial charge in [-0.1, -0.05) is 24.3 Å². The van der Waals surface area contributed by atoms with Crippen LogP contribution >= 0.6 is 0 Å². The number of likely N-dealkylation sites (tertiary alicyclic amines) is 2. The van der Waals surface area contributed by atoms with Crippen molar-refractivity contribution in [3.8, 4) is 0 Å². The molecule has 0 radical (unpaired) electrons. The molecule has 1 spiro atoms. The zero-order chi connectivity index (χ0) is 18.3. The quantitative estimate of drug-likeness (QED) is 0.820. The predicted molar refractivity (Wildman–Crippen MR) is 105 cm³/mol. The number of piperidine rings is 1. The van der Waals surface area contributed by atoms with Crippen LogP contribution < -0.4 is 0 Å². The van der Waals surface area contributed by atoms with Gasteiger partial charge >= 0.3 is 0 Å². The number of aromatic nitrogens is 1. The predicted octanol–water partition coefficient (Wildman–Crippen LogP) is 3.09. The SMILES string of the molecule is O=C(c1ccc2ccccc2n1)N1CCC2(CC1)CC(N1CCCC1)CO2. The Morgan fingerprint density at radius 2 is 1.81 bits per heavy atom. The maximum absolute atomic E-state index is 12.9. The highest BCUT2D eigenvalue weighted by Gasteiger charge is 2.45. The van der Waals surface area contributed by atoms with Crippen LogP contribution in [0.15, 0.2) is 36.4 Å². The number of para-hydroxylation sites is 1. The number of amides is 1. The van der Waals surface area contributed by atoms with Crippen molar-refractivity contribution in [3.05, 3.63) is 42.1 Å². The Kier molecular flexibility index (Phi) is 4.37. The summed E-state index contributed by atoms with van der Waals surface area (Å²) in [5.41, 5.74) is 1.41. The molecule has 0 saturated carbocycles. The maximum atomic E-state index is 12.9. The number of nitrogens with zero attached hydrogens (tertiary/aromatic N) is 3. The van der Waals surface area contributed by atoms with Crippen molar-refractivity contribution in [1.82, 2.24) is 14.8 Å². The van der Waals surface area contributed by atoms with Gasteiger partial charge in [-0.2, -0.15) is 0 Å². The average Bonchev–Trinajstić information content (AvgIpc) is 3.38. The summed E-state index contributed by atoms with van der Waals surface area (Å²) in [6, 6.07) is 12.4. The lowest BCUT2D eigenvalue weighted by Gasteiger charge is -2.38. The van der Waals surface area contributed by atoms with Crippen molar-refractivity contribution in [2.24, 2.45) is 0 Å². The number of fused-ring (bicyclic) bond motifs is 1. The van der Waals surface area contributed by atoms with Crippen molar-refractivity contribution in [2.45, 2.75) is 43.7 Å². The van der Waals surface area contributed by atoms with E-state index in [0.29, 0.717) is 11.7 Å². The summed E-state index contributed by atoms with van der Waals surface area (Å²) >= 11 is 0. The van der Waals surface area contributed by atoms with Crippen LogP contribution in [0.1, 0.15) is 42.6 Å². The molecular formula is C22H27N3O2. The Morgan fingerprint density at radius 1 is 1.04 bits per heavy atom. The van der Waals surface area contributed by atoms with E-state index >= 15 is 0 Å². The number of benzene rings is 1. The first-order valence-electron chi connectivity index (χ1n) is 10.3. The summed E-state index contributed by atoms with van der Waals surface area (Å²) in [4.78, 5) is 22.1. The van der Waals surface area contributed by atoms with Crippen LogP contribution in [0.4, 0.5) is 0 Å². The first-order valence-corrected chi connectivity index (χ1v) is 10.3. The summed E-state index contributed by atoms with van der Waals surface area (Å²) in [5, 5.41) is 1.07. The molecule has 142 valence electrons. The minimum atomic E-state index is -0.0130. The molecule has 3 fully saturated rings. The van der Waals surface area contributed by atoms with Crippen molar-refractivity contribution >= 4 is 16.8 Å². The van der Waals surface area contributed by atoms with Gasteiger partial charge in [0.15, 0.2) is 0 Å². The van der Waals surface area contributed by atoms with Gasteiger partial charge in [0.1, 0.15) is 5.69 Å². The van der Waals surface area contributed by atoms with E-state index in [1.54, 1.807) is 0 Å². The molecule has 0 bridgehead atoms. The first-order chi connectivity index (χ1) is 13.2. The minimum absolute atomic E-state index is 0.0130. The third-order valence-corrected chi connectivity index (χ3v) is 6.63. The molecule has 1 unspecified atom stereocenters. The molecule has 2 aromatic rings. The molecule has 3 aliphatic rings. The van der Waals surface area contributed by atoms with Gasteiger partial charge in [-0.15, -0.1) is 0 Å². The molecule has 0 aliphatic carbocycles. The van der Waals surface area contributed by atoms with Gasteiger partial charge in [0, 0.05) is 24.5 Å². The molecule has 1 atom stereocenters. The van der Waals surface area contributed by atoms with Crippen LogP contribution in [-0.4, -0.2) is 65.1 Å². The second-order valence-corrected chi connectivity index (χ2v) is 8.28. The summed E-state index contributed by atoms with van der Waals surface area (Å²) in [6.07, 6.45) is 5.66. The smallest absolute Gasteiger partial charge is 0.272 e. The maximum Gasteiger partial charge on any atom is 0.272 e. The van der Waals surface area contributed by atoms with Crippen LogP contribution in [-0.2, 0) is 4.74 Å². The second kappa shape index (κ2) is 6.88. The number of carbonyl (C=O) groups is 1. The fourth-order valence-corrected chi connectivity index (χ4v) is 4.97.